The molecule has 0 radical (unpaired) electrons. The maximum absolute atomic E-state index is 13.8. The third kappa shape index (κ3) is 3.84. The minimum absolute atomic E-state index is 0.0435. The fourth-order valence-electron chi connectivity index (χ4n) is 5.93. The quantitative estimate of drug-likeness (QED) is 0.665. The van der Waals surface area contributed by atoms with Gasteiger partial charge in [-0.25, -0.2) is 0 Å². The number of fused-ring (bicyclic) bond motifs is 3. The number of amides is 1. The van der Waals surface area contributed by atoms with Crippen LogP contribution < -0.4 is 14.4 Å². The molecule has 6 heteroatoms. The van der Waals surface area contributed by atoms with Crippen LogP contribution in [0.3, 0.4) is 0 Å². The van der Waals surface area contributed by atoms with Gasteiger partial charge in [-0.3, -0.25) is 4.79 Å². The van der Waals surface area contributed by atoms with Crippen LogP contribution >= 0.6 is 0 Å². The van der Waals surface area contributed by atoms with E-state index in [-0.39, 0.29) is 18.0 Å². The summed E-state index contributed by atoms with van der Waals surface area (Å²) in [5, 5.41) is 0. The van der Waals surface area contributed by atoms with Crippen LogP contribution in [0, 0.1) is 0 Å². The summed E-state index contributed by atoms with van der Waals surface area (Å²) < 4.78 is 11.0. The number of hydrogen-bond acceptors (Lipinski definition) is 5. The summed E-state index contributed by atoms with van der Waals surface area (Å²) in [6, 6.07) is 12.6. The molecule has 2 atom stereocenters. The molecular weight excluding hydrogens is 414 g/mol. The van der Waals surface area contributed by atoms with Gasteiger partial charge in [-0.15, -0.1) is 0 Å². The summed E-state index contributed by atoms with van der Waals surface area (Å²) in [6.07, 6.45) is 4.24. The lowest BCUT2D eigenvalue weighted by atomic mass is 9.97. The summed E-state index contributed by atoms with van der Waals surface area (Å²) in [7, 11) is 3.32. The first-order chi connectivity index (χ1) is 16.2. The molecule has 3 aliphatic heterocycles. The molecule has 0 bridgehead atoms. The van der Waals surface area contributed by atoms with E-state index in [1.54, 1.807) is 14.2 Å². The molecular formula is C27H35N3O3. The van der Waals surface area contributed by atoms with Gasteiger partial charge in [-0.2, -0.15) is 0 Å². The molecule has 2 saturated heterocycles. The summed E-state index contributed by atoms with van der Waals surface area (Å²) >= 11 is 0. The molecule has 0 saturated carbocycles. The van der Waals surface area contributed by atoms with Gasteiger partial charge in [-0.1, -0.05) is 31.9 Å². The lowest BCUT2D eigenvalue weighted by Crippen LogP contribution is -2.46. The molecule has 5 rings (SSSR count). The van der Waals surface area contributed by atoms with Crippen LogP contribution in [0.15, 0.2) is 36.4 Å². The average molecular weight is 450 g/mol. The number of carbonyl (C=O) groups excluding carboxylic acids is 1. The van der Waals surface area contributed by atoms with Gasteiger partial charge >= 0.3 is 0 Å². The Hall–Kier alpha value is -2.73. The fourth-order valence-corrected chi connectivity index (χ4v) is 5.93. The van der Waals surface area contributed by atoms with Gasteiger partial charge in [0, 0.05) is 43.0 Å². The second-order valence-corrected chi connectivity index (χ2v) is 9.30. The number of methoxy groups -OCH3 is 2. The first-order valence-corrected chi connectivity index (χ1v) is 12.3. The van der Waals surface area contributed by atoms with Crippen molar-refractivity contribution in [3.63, 3.8) is 0 Å². The highest BCUT2D eigenvalue weighted by Gasteiger charge is 2.44. The van der Waals surface area contributed by atoms with Crippen LogP contribution in [0.2, 0.25) is 0 Å². The van der Waals surface area contributed by atoms with Crippen molar-refractivity contribution in [2.24, 2.45) is 0 Å². The van der Waals surface area contributed by atoms with Crippen molar-refractivity contribution >= 4 is 11.6 Å². The minimum atomic E-state index is 0.0435. The smallest absolute Gasteiger partial charge is 0.255 e. The van der Waals surface area contributed by atoms with Crippen LogP contribution in [0.4, 0.5) is 5.69 Å². The van der Waals surface area contributed by atoms with E-state index in [2.05, 4.69) is 39.8 Å². The van der Waals surface area contributed by atoms with Gasteiger partial charge in [0.15, 0.2) is 11.5 Å². The van der Waals surface area contributed by atoms with Gasteiger partial charge in [0.1, 0.15) is 0 Å². The van der Waals surface area contributed by atoms with Crippen molar-refractivity contribution < 1.29 is 14.3 Å². The zero-order valence-corrected chi connectivity index (χ0v) is 20.0. The monoisotopic (exact) mass is 449 g/mol. The van der Waals surface area contributed by atoms with Crippen LogP contribution in [-0.2, 0) is 0 Å². The number of benzene rings is 2. The maximum atomic E-state index is 13.8. The van der Waals surface area contributed by atoms with E-state index in [9.17, 15) is 4.79 Å². The first kappa shape index (κ1) is 22.1. The van der Waals surface area contributed by atoms with E-state index >= 15 is 0 Å². The van der Waals surface area contributed by atoms with Crippen molar-refractivity contribution in [1.29, 1.82) is 0 Å². The molecule has 1 unspecified atom stereocenters. The molecule has 0 aromatic heterocycles. The number of piperazine rings is 1. The van der Waals surface area contributed by atoms with Crippen LogP contribution in [0.1, 0.15) is 66.2 Å². The molecule has 176 valence electrons. The highest BCUT2D eigenvalue weighted by molar-refractivity contribution is 6.01. The topological polar surface area (TPSA) is 45.2 Å². The predicted octanol–water partition coefficient (Wildman–Crippen LogP) is 4.66. The average Bonchev–Trinajstić information content (AvgIpc) is 3.01. The van der Waals surface area contributed by atoms with E-state index in [0.717, 1.165) is 81.0 Å². The summed E-state index contributed by atoms with van der Waals surface area (Å²) in [5.74, 6) is 1.61. The second kappa shape index (κ2) is 9.26. The molecule has 2 fully saturated rings. The molecule has 3 heterocycles. The Morgan fingerprint density at radius 2 is 1.64 bits per heavy atom. The Morgan fingerprint density at radius 1 is 0.909 bits per heavy atom. The number of likely N-dealkylation sites (N-methyl/N-ethyl adjacent to an activating group) is 1. The number of hydrogen-bond donors (Lipinski definition) is 0. The zero-order valence-electron chi connectivity index (χ0n) is 20.0. The van der Waals surface area contributed by atoms with Crippen LogP contribution in [-0.4, -0.2) is 62.7 Å². The molecule has 33 heavy (non-hydrogen) atoms. The standard InChI is InChI=1S/C27H35N3O3/c1-4-28-14-16-29(17-15-28)22-11-7-8-20-26(22)23-10-6-5-9-21(30(23)27(20)31)19-12-13-24(32-2)25(18-19)33-3/h7-8,11-13,18,21,23H,4-6,9-10,14-17H2,1-3H3/t21-,23?/m1/s1. The highest BCUT2D eigenvalue weighted by atomic mass is 16.5. The summed E-state index contributed by atoms with van der Waals surface area (Å²) in [6.45, 7) is 7.52. The van der Waals surface area contributed by atoms with E-state index in [1.165, 1.54) is 11.3 Å². The molecule has 2 aromatic carbocycles. The van der Waals surface area contributed by atoms with Crippen molar-refractivity contribution in [2.45, 2.75) is 44.7 Å². The SMILES string of the molecule is CCN1CCN(c2cccc3c2C2CCCC[C@H](c4ccc(OC)c(OC)c4)N2C3=O)CC1. The van der Waals surface area contributed by atoms with E-state index in [4.69, 9.17) is 9.47 Å². The van der Waals surface area contributed by atoms with E-state index in [1.807, 2.05) is 18.2 Å². The molecule has 3 aliphatic rings. The van der Waals surface area contributed by atoms with Crippen molar-refractivity contribution in [2.75, 3.05) is 51.8 Å². The number of carbonyl (C=O) groups is 1. The Bertz CT molecular complexity index is 1020. The first-order valence-electron chi connectivity index (χ1n) is 12.3. The third-order valence-electron chi connectivity index (χ3n) is 7.71. The largest absolute Gasteiger partial charge is 0.493 e. The second-order valence-electron chi connectivity index (χ2n) is 9.30. The van der Waals surface area contributed by atoms with Gasteiger partial charge in [-0.05, 0) is 49.2 Å². The van der Waals surface area contributed by atoms with E-state index in [0.29, 0.717) is 0 Å². The zero-order chi connectivity index (χ0) is 22.9. The number of rotatable bonds is 5. The van der Waals surface area contributed by atoms with Gasteiger partial charge in [0.25, 0.3) is 5.91 Å². The van der Waals surface area contributed by atoms with Crippen molar-refractivity contribution in [3.05, 3.63) is 53.1 Å². The lowest BCUT2D eigenvalue weighted by molar-refractivity contribution is 0.0628. The van der Waals surface area contributed by atoms with Crippen LogP contribution in [0.5, 0.6) is 11.5 Å². The molecule has 0 N–H and O–H groups in total. The summed E-state index contributed by atoms with van der Waals surface area (Å²) in [4.78, 5) is 21.0. The van der Waals surface area contributed by atoms with Gasteiger partial charge in [0.2, 0.25) is 0 Å². The Kier molecular flexibility index (Phi) is 6.19. The van der Waals surface area contributed by atoms with Gasteiger partial charge in [0.05, 0.1) is 26.3 Å². The molecule has 0 aliphatic carbocycles. The number of anilines is 1. The summed E-state index contributed by atoms with van der Waals surface area (Å²) in [5.41, 5.74) is 4.53. The van der Waals surface area contributed by atoms with Crippen molar-refractivity contribution in [3.8, 4) is 11.5 Å². The normalized spacial score (nSPS) is 23.2. The van der Waals surface area contributed by atoms with Gasteiger partial charge < -0.3 is 24.2 Å². The molecule has 6 nitrogen and oxygen atoms in total. The third-order valence-corrected chi connectivity index (χ3v) is 7.71. The van der Waals surface area contributed by atoms with Crippen LogP contribution in [0.25, 0.3) is 0 Å². The Labute approximate surface area is 197 Å². The highest BCUT2D eigenvalue weighted by Crippen LogP contribution is 2.50. The Morgan fingerprint density at radius 3 is 2.33 bits per heavy atom. The predicted molar refractivity (Wildman–Crippen MR) is 130 cm³/mol. The number of nitrogens with zero attached hydrogens (tertiary/aromatic N) is 3. The number of ether oxygens (including phenoxy) is 2. The maximum Gasteiger partial charge on any atom is 0.255 e. The van der Waals surface area contributed by atoms with Crippen molar-refractivity contribution in [1.82, 2.24) is 9.80 Å². The molecule has 0 spiro atoms. The minimum Gasteiger partial charge on any atom is -0.493 e. The van der Waals surface area contributed by atoms with E-state index < -0.39 is 0 Å². The fraction of sp³-hybridized carbons (Fsp3) is 0.519. The molecule has 2 aromatic rings. The lowest BCUT2D eigenvalue weighted by Gasteiger charge is -2.37. The Balaban J connectivity index is 1.51. The molecule has 1 amide bonds.